The second-order valence-corrected chi connectivity index (χ2v) is 14.3. The van der Waals surface area contributed by atoms with Crippen LogP contribution in [0, 0.1) is 5.82 Å². The van der Waals surface area contributed by atoms with Crippen LogP contribution < -0.4 is 21.5 Å². The zero-order chi connectivity index (χ0) is 40.3. The van der Waals surface area contributed by atoms with E-state index in [9.17, 15) is 28.4 Å². The Bertz CT molecular complexity index is 2140. The summed E-state index contributed by atoms with van der Waals surface area (Å²) in [7, 11) is 0. The van der Waals surface area contributed by atoms with E-state index in [0.717, 1.165) is 38.0 Å². The molecule has 4 heterocycles. The first kappa shape index (κ1) is 41.1. The summed E-state index contributed by atoms with van der Waals surface area (Å²) in [4.78, 5) is 73.3. The van der Waals surface area contributed by atoms with Crippen molar-refractivity contribution in [2.24, 2.45) is 0 Å². The molecule has 2 saturated heterocycles. The summed E-state index contributed by atoms with van der Waals surface area (Å²) in [5, 5.41) is 16.5. The minimum Gasteiger partial charge on any atom is -0.378 e. The molecule has 0 bridgehead atoms. The number of carbonyl (C=O) groups excluding carboxylic acids is 4. The lowest BCUT2D eigenvalue weighted by atomic mass is 9.91. The maximum atomic E-state index is 14.9. The van der Waals surface area contributed by atoms with E-state index in [4.69, 9.17) is 4.74 Å². The van der Waals surface area contributed by atoms with Crippen LogP contribution in [0.2, 0.25) is 0 Å². The highest BCUT2D eigenvalue weighted by Gasteiger charge is 2.27. The van der Waals surface area contributed by atoms with E-state index in [-0.39, 0.29) is 61.4 Å². The molecule has 1 atom stereocenters. The number of carbonyl (C=O) groups is 4. The number of nitrogens with one attached hydrogen (secondary N) is 4. The van der Waals surface area contributed by atoms with Crippen LogP contribution in [-0.2, 0) is 20.7 Å². The van der Waals surface area contributed by atoms with Gasteiger partial charge in [-0.2, -0.15) is 5.10 Å². The Kier molecular flexibility index (Phi) is 14.1. The second kappa shape index (κ2) is 19.5. The predicted molar refractivity (Wildman–Crippen MR) is 213 cm³/mol. The molecule has 4 aromatic rings. The van der Waals surface area contributed by atoms with Crippen molar-refractivity contribution >= 4 is 40.1 Å². The van der Waals surface area contributed by atoms with Gasteiger partial charge in [0.15, 0.2) is 5.69 Å². The number of likely N-dealkylation sites (N-methyl/N-ethyl adjacent to an activating group) is 1. The van der Waals surface area contributed by atoms with Crippen LogP contribution in [0.4, 0.5) is 10.1 Å². The lowest BCUT2D eigenvalue weighted by Crippen LogP contribution is -2.52. The fraction of sp³-hybridized carbons (Fsp3) is 0.439. The van der Waals surface area contributed by atoms with Gasteiger partial charge in [-0.3, -0.25) is 24.0 Å². The third kappa shape index (κ3) is 10.6. The molecular weight excluding hydrogens is 734 g/mol. The zero-order valence-corrected chi connectivity index (χ0v) is 32.4. The summed E-state index contributed by atoms with van der Waals surface area (Å²) < 4.78 is 20.5. The molecule has 302 valence electrons. The van der Waals surface area contributed by atoms with E-state index < -0.39 is 17.6 Å². The van der Waals surface area contributed by atoms with Crippen LogP contribution in [0.1, 0.15) is 70.3 Å². The normalized spacial score (nSPS) is 16.1. The third-order valence-electron chi connectivity index (χ3n) is 10.4. The molecule has 16 heteroatoms. The molecule has 2 aliphatic rings. The number of hydrogen-bond donors (Lipinski definition) is 4. The van der Waals surface area contributed by atoms with Gasteiger partial charge in [0.1, 0.15) is 5.82 Å². The summed E-state index contributed by atoms with van der Waals surface area (Å²) in [6.45, 7) is 8.94. The van der Waals surface area contributed by atoms with Crippen LogP contribution in [0.3, 0.4) is 0 Å². The quantitative estimate of drug-likeness (QED) is 0.131. The van der Waals surface area contributed by atoms with E-state index in [0.29, 0.717) is 66.3 Å². The molecule has 2 fully saturated rings. The van der Waals surface area contributed by atoms with Crippen LogP contribution >= 0.6 is 0 Å². The molecule has 0 spiro atoms. The van der Waals surface area contributed by atoms with Crippen molar-refractivity contribution < 1.29 is 28.3 Å². The molecule has 2 aliphatic heterocycles. The molecule has 2 aromatic carbocycles. The van der Waals surface area contributed by atoms with Crippen LogP contribution in [-0.4, -0.2) is 132 Å². The molecule has 4 N–H and O–H groups in total. The number of benzene rings is 2. The van der Waals surface area contributed by atoms with Gasteiger partial charge in [0, 0.05) is 70.7 Å². The number of rotatable bonds is 15. The first-order valence-electron chi connectivity index (χ1n) is 19.5. The van der Waals surface area contributed by atoms with Crippen LogP contribution in [0.15, 0.2) is 59.5 Å². The van der Waals surface area contributed by atoms with Gasteiger partial charge >= 0.3 is 0 Å². The maximum absolute atomic E-state index is 14.9. The Morgan fingerprint density at radius 1 is 0.965 bits per heavy atom. The number of aromatic amines is 1. The van der Waals surface area contributed by atoms with Gasteiger partial charge in [-0.05, 0) is 67.2 Å². The van der Waals surface area contributed by atoms with Crippen molar-refractivity contribution in [1.29, 1.82) is 0 Å². The highest BCUT2D eigenvalue weighted by atomic mass is 19.1. The number of nitrogens with zero attached hydrogens (tertiary/aromatic N) is 5. The number of H-pyrrole nitrogens is 1. The number of aromatic nitrogens is 3. The number of likely N-dealkylation sites (tertiary alicyclic amines) is 1. The molecule has 0 saturated carbocycles. The van der Waals surface area contributed by atoms with Crippen LogP contribution in [0.25, 0.3) is 10.8 Å². The molecule has 6 rings (SSSR count). The summed E-state index contributed by atoms with van der Waals surface area (Å²) in [6.07, 6.45) is 4.14. The van der Waals surface area contributed by atoms with E-state index in [1.165, 1.54) is 19.1 Å². The largest absolute Gasteiger partial charge is 0.378 e. The van der Waals surface area contributed by atoms with Crippen molar-refractivity contribution in [1.82, 2.24) is 40.5 Å². The first-order valence-corrected chi connectivity index (χ1v) is 19.5. The fourth-order valence-corrected chi connectivity index (χ4v) is 7.33. The molecule has 57 heavy (non-hydrogen) atoms. The van der Waals surface area contributed by atoms with Crippen molar-refractivity contribution in [2.75, 3.05) is 84.0 Å². The van der Waals surface area contributed by atoms with Gasteiger partial charge in [0.05, 0.1) is 42.1 Å². The SMILES string of the molecule is CCN1CCCC(c2cnc(C(=O)NCCOCCNCC(=O)N3CCN(C(=O)c4cc(Cc5n[nH]c(=O)c6ccccc56)ccc4F)CC3)c(NC(C)=O)c2)C1. The summed E-state index contributed by atoms with van der Waals surface area (Å²) in [5.74, 6) is -1.61. The van der Waals surface area contributed by atoms with E-state index >= 15 is 0 Å². The third-order valence-corrected chi connectivity index (χ3v) is 10.4. The van der Waals surface area contributed by atoms with Crippen LogP contribution in [0.5, 0.6) is 0 Å². The van der Waals surface area contributed by atoms with Gasteiger partial charge in [0.2, 0.25) is 11.8 Å². The summed E-state index contributed by atoms with van der Waals surface area (Å²) in [6, 6.07) is 13.3. The monoisotopic (exact) mass is 783 g/mol. The minimum absolute atomic E-state index is 0.0547. The Morgan fingerprint density at radius 2 is 1.72 bits per heavy atom. The summed E-state index contributed by atoms with van der Waals surface area (Å²) >= 11 is 0. The number of hydrogen-bond acceptors (Lipinski definition) is 10. The Hall–Kier alpha value is -5.58. The molecule has 15 nitrogen and oxygen atoms in total. The molecular formula is C41H50FN9O6. The summed E-state index contributed by atoms with van der Waals surface area (Å²) in [5.41, 5.74) is 2.47. The Morgan fingerprint density at radius 3 is 2.49 bits per heavy atom. The van der Waals surface area contributed by atoms with Gasteiger partial charge in [-0.25, -0.2) is 14.5 Å². The number of pyridine rings is 1. The van der Waals surface area contributed by atoms with Gasteiger partial charge in [-0.1, -0.05) is 31.2 Å². The smallest absolute Gasteiger partial charge is 0.272 e. The van der Waals surface area contributed by atoms with Crippen molar-refractivity contribution in [3.8, 4) is 0 Å². The average Bonchev–Trinajstić information content (AvgIpc) is 3.23. The standard InChI is InChI=1S/C41H50FN9O6/c1-3-49-14-6-7-29(26-49)30-23-36(46-27(2)52)38(45-24-30)40(55)44-13-20-57-19-12-43-25-37(53)50-15-17-51(18-16-50)41(56)33-21-28(10-11-34(33)42)22-35-31-8-4-5-9-32(31)39(54)48-47-35/h4-5,8-11,21,23-24,29,43H,3,6-7,12-20,22,25-26H2,1-2H3,(H,44,55)(H,46,52)(H,48,54). The number of piperazine rings is 1. The van der Waals surface area contributed by atoms with Gasteiger partial charge in [0.25, 0.3) is 17.4 Å². The molecule has 1 unspecified atom stereocenters. The topological polar surface area (TPSA) is 182 Å². The van der Waals surface area contributed by atoms with E-state index in [1.54, 1.807) is 40.3 Å². The average molecular weight is 784 g/mol. The fourth-order valence-electron chi connectivity index (χ4n) is 7.33. The number of ether oxygens (including phenoxy) is 1. The first-order chi connectivity index (χ1) is 27.6. The van der Waals surface area contributed by atoms with Crippen molar-refractivity contribution in [3.05, 3.63) is 99.0 Å². The van der Waals surface area contributed by atoms with Gasteiger partial charge in [-0.15, -0.1) is 0 Å². The number of anilines is 1. The highest BCUT2D eigenvalue weighted by molar-refractivity contribution is 6.02. The lowest BCUT2D eigenvalue weighted by molar-refractivity contribution is -0.131. The van der Waals surface area contributed by atoms with Crippen molar-refractivity contribution in [2.45, 2.75) is 39.0 Å². The van der Waals surface area contributed by atoms with Crippen molar-refractivity contribution in [3.63, 3.8) is 0 Å². The number of piperidine rings is 1. The molecule has 0 aliphatic carbocycles. The Balaban J connectivity index is 0.888. The second-order valence-electron chi connectivity index (χ2n) is 14.3. The van der Waals surface area contributed by atoms with E-state index in [2.05, 4.69) is 43.0 Å². The minimum atomic E-state index is -0.633. The number of halogens is 1. The lowest BCUT2D eigenvalue weighted by Gasteiger charge is -2.35. The number of fused-ring (bicyclic) bond motifs is 1. The number of amides is 4. The highest BCUT2D eigenvalue weighted by Crippen LogP contribution is 2.29. The van der Waals surface area contributed by atoms with Gasteiger partial charge < -0.3 is 35.4 Å². The maximum Gasteiger partial charge on any atom is 0.272 e. The Labute approximate surface area is 330 Å². The van der Waals surface area contributed by atoms with E-state index in [1.807, 2.05) is 12.1 Å². The predicted octanol–water partition coefficient (Wildman–Crippen LogP) is 2.53. The zero-order valence-electron chi connectivity index (χ0n) is 32.4. The molecule has 2 aromatic heterocycles. The molecule has 4 amide bonds. The molecule has 0 radical (unpaired) electrons.